The average Bonchev–Trinajstić information content (AvgIpc) is 2.33. The van der Waals surface area contributed by atoms with Gasteiger partial charge in [0.1, 0.15) is 6.04 Å². The summed E-state index contributed by atoms with van der Waals surface area (Å²) in [5.41, 5.74) is 5.91. The molecular weight excluding hydrogens is 214 g/mol. The Morgan fingerprint density at radius 3 is 2.59 bits per heavy atom. The summed E-state index contributed by atoms with van der Waals surface area (Å²) in [6.07, 6.45) is 8.43. The fourth-order valence-electron chi connectivity index (χ4n) is 1.94. The van der Waals surface area contributed by atoms with Crippen LogP contribution in [0.25, 0.3) is 0 Å². The third-order valence-corrected chi connectivity index (χ3v) is 3.07. The minimum atomic E-state index is -0.459. The first-order chi connectivity index (χ1) is 8.17. The van der Waals surface area contributed by atoms with Gasteiger partial charge in [-0.2, -0.15) is 0 Å². The summed E-state index contributed by atoms with van der Waals surface area (Å²) in [5.74, 6) is -0.0109. The van der Waals surface area contributed by atoms with E-state index in [0.717, 1.165) is 25.7 Å². The Morgan fingerprint density at radius 2 is 2.06 bits per heavy atom. The van der Waals surface area contributed by atoms with Crippen LogP contribution >= 0.6 is 0 Å². The van der Waals surface area contributed by atoms with Crippen LogP contribution in [0.1, 0.15) is 52.4 Å². The quantitative estimate of drug-likeness (QED) is 0.363. The smallest absolute Gasteiger partial charge is 0.323 e. The summed E-state index contributed by atoms with van der Waals surface area (Å²) in [7, 11) is 0. The number of ether oxygens (including phenoxy) is 1. The van der Waals surface area contributed by atoms with Crippen LogP contribution in [-0.4, -0.2) is 18.6 Å². The van der Waals surface area contributed by atoms with Crippen LogP contribution in [0.4, 0.5) is 0 Å². The van der Waals surface area contributed by atoms with Gasteiger partial charge in [-0.05, 0) is 32.1 Å². The Bertz CT molecular complexity index is 216. The lowest BCUT2D eigenvalue weighted by Gasteiger charge is -2.20. The highest BCUT2D eigenvalue weighted by Gasteiger charge is 2.23. The number of nitrogens with two attached hydrogens (primary N) is 1. The number of hydrogen-bond acceptors (Lipinski definition) is 3. The SMILES string of the molecule is C=CCCCCC[C@@H](CC)C(N)C(=O)OCC. The molecule has 100 valence electrons. The average molecular weight is 241 g/mol. The number of carbonyl (C=O) groups is 1. The molecule has 0 saturated heterocycles. The molecule has 0 heterocycles. The Morgan fingerprint density at radius 1 is 1.35 bits per heavy atom. The van der Waals surface area contributed by atoms with Gasteiger partial charge in [-0.25, -0.2) is 0 Å². The lowest BCUT2D eigenvalue weighted by molar-refractivity contribution is -0.146. The summed E-state index contributed by atoms with van der Waals surface area (Å²) in [4.78, 5) is 11.5. The lowest BCUT2D eigenvalue weighted by Crippen LogP contribution is -2.39. The molecule has 0 aromatic carbocycles. The number of unbranched alkanes of at least 4 members (excludes halogenated alkanes) is 3. The van der Waals surface area contributed by atoms with E-state index in [4.69, 9.17) is 10.5 Å². The zero-order valence-corrected chi connectivity index (χ0v) is 11.3. The summed E-state index contributed by atoms with van der Waals surface area (Å²) < 4.78 is 4.95. The first-order valence-corrected chi connectivity index (χ1v) is 6.70. The highest BCUT2D eigenvalue weighted by atomic mass is 16.5. The van der Waals surface area contributed by atoms with Crippen LogP contribution in [0.3, 0.4) is 0 Å². The summed E-state index contributed by atoms with van der Waals surface area (Å²) >= 11 is 0. The molecule has 0 bridgehead atoms. The van der Waals surface area contributed by atoms with E-state index in [-0.39, 0.29) is 11.9 Å². The molecule has 0 aliphatic carbocycles. The van der Waals surface area contributed by atoms with E-state index in [2.05, 4.69) is 13.5 Å². The fourth-order valence-corrected chi connectivity index (χ4v) is 1.94. The lowest BCUT2D eigenvalue weighted by atomic mass is 9.91. The molecule has 2 atom stereocenters. The van der Waals surface area contributed by atoms with Crippen molar-refractivity contribution in [1.29, 1.82) is 0 Å². The van der Waals surface area contributed by atoms with Crippen molar-refractivity contribution in [3.63, 3.8) is 0 Å². The van der Waals surface area contributed by atoms with Crippen molar-refractivity contribution in [2.24, 2.45) is 11.7 Å². The maximum atomic E-state index is 11.5. The highest BCUT2D eigenvalue weighted by molar-refractivity contribution is 5.75. The number of allylic oxidation sites excluding steroid dienone is 1. The van der Waals surface area contributed by atoms with Crippen molar-refractivity contribution < 1.29 is 9.53 Å². The van der Waals surface area contributed by atoms with Crippen molar-refractivity contribution in [3.05, 3.63) is 12.7 Å². The monoisotopic (exact) mass is 241 g/mol. The van der Waals surface area contributed by atoms with E-state index in [9.17, 15) is 4.79 Å². The van der Waals surface area contributed by atoms with Gasteiger partial charge in [0.15, 0.2) is 0 Å². The third-order valence-electron chi connectivity index (χ3n) is 3.07. The zero-order chi connectivity index (χ0) is 13.1. The molecule has 0 aromatic rings. The first kappa shape index (κ1) is 16.2. The second kappa shape index (κ2) is 10.3. The predicted molar refractivity (Wildman–Crippen MR) is 71.7 cm³/mol. The van der Waals surface area contributed by atoms with E-state index in [0.29, 0.717) is 6.61 Å². The van der Waals surface area contributed by atoms with Gasteiger partial charge in [0.05, 0.1) is 6.61 Å². The normalized spacial score (nSPS) is 14.1. The molecule has 0 fully saturated rings. The highest BCUT2D eigenvalue weighted by Crippen LogP contribution is 2.18. The van der Waals surface area contributed by atoms with E-state index in [1.165, 1.54) is 12.8 Å². The van der Waals surface area contributed by atoms with E-state index in [1.807, 2.05) is 6.08 Å². The molecule has 17 heavy (non-hydrogen) atoms. The van der Waals surface area contributed by atoms with E-state index < -0.39 is 6.04 Å². The molecule has 2 N–H and O–H groups in total. The molecular formula is C14H27NO2. The third kappa shape index (κ3) is 7.16. The van der Waals surface area contributed by atoms with Crippen LogP contribution in [0, 0.1) is 5.92 Å². The van der Waals surface area contributed by atoms with Gasteiger partial charge in [0, 0.05) is 0 Å². The zero-order valence-electron chi connectivity index (χ0n) is 11.3. The Balaban J connectivity index is 3.88. The molecule has 0 spiro atoms. The molecule has 0 aromatic heterocycles. The van der Waals surface area contributed by atoms with Gasteiger partial charge in [0.25, 0.3) is 0 Å². The van der Waals surface area contributed by atoms with Crippen LogP contribution < -0.4 is 5.73 Å². The van der Waals surface area contributed by atoms with Crippen LogP contribution in [-0.2, 0) is 9.53 Å². The summed E-state index contributed by atoms with van der Waals surface area (Å²) in [6, 6.07) is -0.459. The second-order valence-electron chi connectivity index (χ2n) is 4.37. The number of esters is 1. The maximum Gasteiger partial charge on any atom is 0.323 e. The maximum absolute atomic E-state index is 11.5. The number of hydrogen-bond donors (Lipinski definition) is 1. The van der Waals surface area contributed by atoms with Crippen molar-refractivity contribution in [2.45, 2.75) is 58.4 Å². The Labute approximate surface area is 105 Å². The Hall–Kier alpha value is -0.830. The van der Waals surface area contributed by atoms with Crippen LogP contribution in [0.15, 0.2) is 12.7 Å². The molecule has 0 rings (SSSR count). The second-order valence-corrected chi connectivity index (χ2v) is 4.37. The van der Waals surface area contributed by atoms with Gasteiger partial charge >= 0.3 is 5.97 Å². The molecule has 3 nitrogen and oxygen atoms in total. The molecule has 3 heteroatoms. The van der Waals surface area contributed by atoms with Gasteiger partial charge in [0.2, 0.25) is 0 Å². The van der Waals surface area contributed by atoms with Crippen LogP contribution in [0.2, 0.25) is 0 Å². The van der Waals surface area contributed by atoms with E-state index >= 15 is 0 Å². The van der Waals surface area contributed by atoms with Gasteiger partial charge in [-0.15, -0.1) is 6.58 Å². The number of rotatable bonds is 10. The fraction of sp³-hybridized carbons (Fsp3) is 0.786. The van der Waals surface area contributed by atoms with Crippen molar-refractivity contribution in [2.75, 3.05) is 6.61 Å². The minimum Gasteiger partial charge on any atom is -0.465 e. The molecule has 0 aliphatic rings. The summed E-state index contributed by atoms with van der Waals surface area (Å²) in [6.45, 7) is 7.99. The molecule has 0 radical (unpaired) electrons. The van der Waals surface area contributed by atoms with Gasteiger partial charge in [-0.1, -0.05) is 32.3 Å². The Kier molecular flexibility index (Phi) is 9.83. The van der Waals surface area contributed by atoms with Crippen LogP contribution in [0.5, 0.6) is 0 Å². The molecule has 0 amide bonds. The summed E-state index contributed by atoms with van der Waals surface area (Å²) in [5, 5.41) is 0. The largest absolute Gasteiger partial charge is 0.465 e. The topological polar surface area (TPSA) is 52.3 Å². The minimum absolute atomic E-state index is 0.248. The molecule has 1 unspecified atom stereocenters. The van der Waals surface area contributed by atoms with Gasteiger partial charge < -0.3 is 10.5 Å². The molecule has 0 saturated carbocycles. The van der Waals surface area contributed by atoms with Crippen molar-refractivity contribution in [1.82, 2.24) is 0 Å². The van der Waals surface area contributed by atoms with Gasteiger partial charge in [-0.3, -0.25) is 4.79 Å². The number of carbonyl (C=O) groups excluding carboxylic acids is 1. The van der Waals surface area contributed by atoms with Crippen molar-refractivity contribution in [3.8, 4) is 0 Å². The van der Waals surface area contributed by atoms with Crippen molar-refractivity contribution >= 4 is 5.97 Å². The first-order valence-electron chi connectivity index (χ1n) is 6.70. The standard InChI is InChI=1S/C14H27NO2/c1-4-7-8-9-10-11-12(5-2)13(15)14(16)17-6-3/h4,12-13H,1,5-11,15H2,2-3H3/t12-,13?/m1/s1. The molecule has 0 aliphatic heterocycles. The predicted octanol–water partition coefficient (Wildman–Crippen LogP) is 3.04. The van der Waals surface area contributed by atoms with E-state index in [1.54, 1.807) is 6.92 Å².